The highest BCUT2D eigenvalue weighted by Crippen LogP contribution is 2.35. The lowest BCUT2D eigenvalue weighted by Gasteiger charge is -2.13. The van der Waals surface area contributed by atoms with E-state index in [1.165, 1.54) is 11.3 Å². The number of nitrogens with one attached hydrogen (secondary N) is 2. The molecule has 0 bridgehead atoms. The molecule has 6 nitrogen and oxygen atoms in total. The average molecular weight is 422 g/mol. The molecule has 1 aliphatic rings. The summed E-state index contributed by atoms with van der Waals surface area (Å²) in [5, 5.41) is 3.50. The van der Waals surface area contributed by atoms with Gasteiger partial charge in [-0.25, -0.2) is 18.1 Å². The second-order valence-corrected chi connectivity index (χ2v) is 10.3. The van der Waals surface area contributed by atoms with Crippen molar-refractivity contribution in [2.75, 3.05) is 5.32 Å². The lowest BCUT2D eigenvalue weighted by Crippen LogP contribution is -2.30. The van der Waals surface area contributed by atoms with Crippen LogP contribution < -0.4 is 10.0 Å². The van der Waals surface area contributed by atoms with Gasteiger partial charge in [0.2, 0.25) is 15.9 Å². The molecule has 1 aromatic carbocycles. The van der Waals surface area contributed by atoms with Crippen LogP contribution in [-0.2, 0) is 14.8 Å². The van der Waals surface area contributed by atoms with E-state index in [0.29, 0.717) is 10.7 Å². The Labute approximate surface area is 170 Å². The molecule has 0 atom stereocenters. The van der Waals surface area contributed by atoms with E-state index in [9.17, 15) is 13.2 Å². The first-order chi connectivity index (χ1) is 13.2. The fourth-order valence-electron chi connectivity index (χ4n) is 3.52. The van der Waals surface area contributed by atoms with Crippen molar-refractivity contribution in [2.24, 2.45) is 5.92 Å². The topological polar surface area (TPSA) is 88.2 Å². The minimum atomic E-state index is -3.59. The number of sulfonamides is 1. The second kappa shape index (κ2) is 8.31. The Bertz CT molecular complexity index is 975. The summed E-state index contributed by atoms with van der Waals surface area (Å²) in [5.41, 5.74) is 2.25. The molecular weight excluding hydrogens is 394 g/mol. The van der Waals surface area contributed by atoms with E-state index in [2.05, 4.69) is 15.0 Å². The number of hydrogen-bond acceptors (Lipinski definition) is 5. The van der Waals surface area contributed by atoms with E-state index < -0.39 is 10.0 Å². The molecule has 0 aliphatic heterocycles. The molecule has 28 heavy (non-hydrogen) atoms. The predicted octanol–water partition coefficient (Wildman–Crippen LogP) is 4.24. The summed E-state index contributed by atoms with van der Waals surface area (Å²) >= 11 is 1.38. The summed E-state index contributed by atoms with van der Waals surface area (Å²) in [6.07, 6.45) is 4.08. The number of amides is 1. The van der Waals surface area contributed by atoms with Crippen molar-refractivity contribution in [3.63, 3.8) is 0 Å². The van der Waals surface area contributed by atoms with Crippen LogP contribution in [0.1, 0.15) is 50.8 Å². The van der Waals surface area contributed by atoms with Gasteiger partial charge < -0.3 is 5.32 Å². The lowest BCUT2D eigenvalue weighted by atomic mass is 10.1. The maximum Gasteiger partial charge on any atom is 0.241 e. The van der Waals surface area contributed by atoms with Gasteiger partial charge in [0.15, 0.2) is 5.13 Å². The third-order valence-electron chi connectivity index (χ3n) is 4.88. The van der Waals surface area contributed by atoms with Gasteiger partial charge in [0, 0.05) is 12.0 Å². The molecule has 1 heterocycles. The number of benzene rings is 1. The van der Waals surface area contributed by atoms with Crippen LogP contribution in [0.5, 0.6) is 0 Å². The number of carbonyl (C=O) groups is 1. The van der Waals surface area contributed by atoms with Crippen LogP contribution in [0.4, 0.5) is 5.13 Å². The minimum absolute atomic E-state index is 0.0334. The summed E-state index contributed by atoms with van der Waals surface area (Å²) in [6, 6.07) is 5.20. The van der Waals surface area contributed by atoms with Crippen LogP contribution >= 0.6 is 11.3 Å². The molecule has 2 N–H and O–H groups in total. The molecule has 0 spiro atoms. The lowest BCUT2D eigenvalue weighted by molar-refractivity contribution is -0.119. The highest BCUT2D eigenvalue weighted by atomic mass is 32.2. The van der Waals surface area contributed by atoms with Crippen LogP contribution in [0.3, 0.4) is 0 Å². The van der Waals surface area contributed by atoms with Gasteiger partial charge in [-0.15, -0.1) is 0 Å². The van der Waals surface area contributed by atoms with Crippen molar-refractivity contribution in [2.45, 2.75) is 64.3 Å². The minimum Gasteiger partial charge on any atom is -0.302 e. The first-order valence-corrected chi connectivity index (χ1v) is 11.9. The standard InChI is InChI=1S/C20H27N3O3S2/c1-12(2)23-28(25,26)17-11-16(10-9-13(17)3)18-14(4)21-20(27-18)22-19(24)15-7-5-6-8-15/h9-12,15,23H,5-8H2,1-4H3,(H,21,22,24). The summed E-state index contributed by atoms with van der Waals surface area (Å²) in [5.74, 6) is 0.108. The molecular formula is C20H27N3O3S2. The van der Waals surface area contributed by atoms with Gasteiger partial charge in [0.25, 0.3) is 0 Å². The second-order valence-electron chi connectivity index (χ2n) is 7.66. The van der Waals surface area contributed by atoms with Gasteiger partial charge in [-0.3, -0.25) is 4.79 Å². The normalized spacial score (nSPS) is 15.3. The Morgan fingerprint density at radius 2 is 1.89 bits per heavy atom. The number of carbonyl (C=O) groups excluding carboxylic acids is 1. The molecule has 0 radical (unpaired) electrons. The fourth-order valence-corrected chi connectivity index (χ4v) is 6.01. The van der Waals surface area contributed by atoms with Crippen molar-refractivity contribution in [1.82, 2.24) is 9.71 Å². The van der Waals surface area contributed by atoms with Crippen LogP contribution in [0.2, 0.25) is 0 Å². The van der Waals surface area contributed by atoms with Crippen molar-refractivity contribution in [3.05, 3.63) is 29.5 Å². The van der Waals surface area contributed by atoms with Gasteiger partial charge >= 0.3 is 0 Å². The van der Waals surface area contributed by atoms with Crippen LogP contribution in [0.25, 0.3) is 10.4 Å². The highest BCUT2D eigenvalue weighted by Gasteiger charge is 2.24. The molecule has 1 aliphatic carbocycles. The first-order valence-electron chi connectivity index (χ1n) is 9.59. The SMILES string of the molecule is Cc1ccc(-c2sc(NC(=O)C3CCCC3)nc2C)cc1S(=O)(=O)NC(C)C. The zero-order valence-corrected chi connectivity index (χ0v) is 18.3. The Morgan fingerprint density at radius 1 is 1.21 bits per heavy atom. The Hall–Kier alpha value is -1.77. The molecule has 0 saturated heterocycles. The molecule has 2 aromatic rings. The summed E-state index contributed by atoms with van der Waals surface area (Å²) < 4.78 is 27.9. The van der Waals surface area contributed by atoms with Crippen molar-refractivity contribution in [1.29, 1.82) is 0 Å². The molecule has 0 unspecified atom stereocenters. The molecule has 1 saturated carbocycles. The fraction of sp³-hybridized carbons (Fsp3) is 0.500. The zero-order chi connectivity index (χ0) is 20.5. The van der Waals surface area contributed by atoms with Crippen molar-refractivity contribution >= 4 is 32.4 Å². The molecule has 1 aromatic heterocycles. The molecule has 8 heteroatoms. The average Bonchev–Trinajstić information content (AvgIpc) is 3.24. The van der Waals surface area contributed by atoms with Gasteiger partial charge in [-0.05, 0) is 57.7 Å². The van der Waals surface area contributed by atoms with Crippen molar-refractivity contribution < 1.29 is 13.2 Å². The first kappa shape index (κ1) is 21.0. The quantitative estimate of drug-likeness (QED) is 0.730. The highest BCUT2D eigenvalue weighted by molar-refractivity contribution is 7.89. The maximum atomic E-state index is 12.6. The monoisotopic (exact) mass is 421 g/mol. The van der Waals surface area contributed by atoms with E-state index in [-0.39, 0.29) is 22.8 Å². The summed E-state index contributed by atoms with van der Waals surface area (Å²) in [4.78, 5) is 18.0. The third-order valence-corrected chi connectivity index (χ3v) is 7.81. The number of aromatic nitrogens is 1. The van der Waals surface area contributed by atoms with Crippen molar-refractivity contribution in [3.8, 4) is 10.4 Å². The zero-order valence-electron chi connectivity index (χ0n) is 16.7. The number of nitrogens with zero attached hydrogens (tertiary/aromatic N) is 1. The van der Waals surface area contributed by atoms with E-state index in [0.717, 1.165) is 41.8 Å². The van der Waals surface area contributed by atoms with Crippen LogP contribution in [0, 0.1) is 19.8 Å². The van der Waals surface area contributed by atoms with Gasteiger partial charge in [-0.2, -0.15) is 0 Å². The predicted molar refractivity (Wildman–Crippen MR) is 113 cm³/mol. The molecule has 3 rings (SSSR count). The number of thiazole rings is 1. The van der Waals surface area contributed by atoms with Crippen LogP contribution in [0.15, 0.2) is 23.1 Å². The summed E-state index contributed by atoms with van der Waals surface area (Å²) in [7, 11) is -3.59. The summed E-state index contributed by atoms with van der Waals surface area (Å²) in [6.45, 7) is 7.25. The Morgan fingerprint density at radius 3 is 2.54 bits per heavy atom. The number of rotatable bonds is 6. The van der Waals surface area contributed by atoms with Gasteiger partial charge in [0.05, 0.1) is 15.5 Å². The number of anilines is 1. The Balaban J connectivity index is 1.89. The number of hydrogen-bond donors (Lipinski definition) is 2. The van der Waals surface area contributed by atoms with E-state index in [1.54, 1.807) is 32.9 Å². The molecule has 1 amide bonds. The largest absolute Gasteiger partial charge is 0.302 e. The third kappa shape index (κ3) is 4.61. The smallest absolute Gasteiger partial charge is 0.241 e. The molecule has 152 valence electrons. The van der Waals surface area contributed by atoms with E-state index in [1.807, 2.05) is 13.0 Å². The van der Waals surface area contributed by atoms with E-state index in [4.69, 9.17) is 0 Å². The van der Waals surface area contributed by atoms with Gasteiger partial charge in [0.1, 0.15) is 0 Å². The maximum absolute atomic E-state index is 12.6. The van der Waals surface area contributed by atoms with Gasteiger partial charge in [-0.1, -0.05) is 36.3 Å². The Kier molecular flexibility index (Phi) is 6.21. The number of aryl methyl sites for hydroxylation is 2. The van der Waals surface area contributed by atoms with E-state index >= 15 is 0 Å². The molecule has 1 fully saturated rings. The van der Waals surface area contributed by atoms with Crippen LogP contribution in [-0.4, -0.2) is 25.4 Å².